The van der Waals surface area contributed by atoms with Crippen LogP contribution in [-0.2, 0) is 9.59 Å². The first-order valence-corrected chi connectivity index (χ1v) is 8.25. The van der Waals surface area contributed by atoms with Crippen molar-refractivity contribution in [1.29, 1.82) is 0 Å². The zero-order valence-electron chi connectivity index (χ0n) is 14.3. The van der Waals surface area contributed by atoms with Crippen molar-refractivity contribution < 1.29 is 19.4 Å². The van der Waals surface area contributed by atoms with Crippen LogP contribution in [0.5, 0.6) is 5.75 Å². The second-order valence-electron chi connectivity index (χ2n) is 6.25. The quantitative estimate of drug-likeness (QED) is 0.857. The Balaban J connectivity index is 2.15. The monoisotopic (exact) mass is 338 g/mol. The van der Waals surface area contributed by atoms with Gasteiger partial charge in [0.1, 0.15) is 5.75 Å². The molecule has 0 spiro atoms. The molecular weight excluding hydrogens is 318 g/mol. The van der Waals surface area contributed by atoms with E-state index in [0.29, 0.717) is 17.0 Å². The summed E-state index contributed by atoms with van der Waals surface area (Å²) in [6, 6.07) is 14.0. The molecule has 25 heavy (non-hydrogen) atoms. The van der Waals surface area contributed by atoms with E-state index >= 15 is 0 Å². The van der Waals surface area contributed by atoms with E-state index < -0.39 is 17.9 Å². The molecule has 0 aliphatic carbocycles. The summed E-state index contributed by atoms with van der Waals surface area (Å²) in [5, 5.41) is 11.8. The maximum absolute atomic E-state index is 12.7. The van der Waals surface area contributed by atoms with Gasteiger partial charge in [0.25, 0.3) is 0 Å². The highest BCUT2D eigenvalue weighted by atomic mass is 16.5. The molecule has 2 aromatic carbocycles. The number of para-hydroxylation sites is 1. The molecule has 1 aliphatic rings. The number of methoxy groups -OCH3 is 1. The summed E-state index contributed by atoms with van der Waals surface area (Å²) in [5.41, 5.74) is 2.42. The Bertz CT molecular complexity index is 785. The van der Waals surface area contributed by atoms with E-state index in [4.69, 9.17) is 4.74 Å². The fraction of sp³-hybridized carbons (Fsp3) is 0.300. The van der Waals surface area contributed by atoms with Crippen molar-refractivity contribution in [2.75, 3.05) is 12.0 Å². The van der Waals surface area contributed by atoms with Crippen molar-refractivity contribution in [3.05, 3.63) is 59.7 Å². The fourth-order valence-corrected chi connectivity index (χ4v) is 3.42. The minimum absolute atomic E-state index is 0.0998. The second-order valence-corrected chi connectivity index (χ2v) is 6.25. The van der Waals surface area contributed by atoms with Crippen molar-refractivity contribution in [1.82, 2.24) is 0 Å². The van der Waals surface area contributed by atoms with Gasteiger partial charge < -0.3 is 19.5 Å². The molecule has 3 rings (SSSR count). The lowest BCUT2D eigenvalue weighted by atomic mass is 9.83. The van der Waals surface area contributed by atoms with E-state index in [1.165, 1.54) is 7.11 Å². The van der Waals surface area contributed by atoms with E-state index in [1.54, 1.807) is 17.0 Å². The Kier molecular flexibility index (Phi) is 4.74. The molecule has 1 heterocycles. The number of nitrogens with zero attached hydrogens (tertiary/aromatic N) is 1. The molecule has 0 saturated carbocycles. The standard InChI is InChI=1S/C20H21NO4/c1-13-7-9-14(10-8-13)21-18(22)12-11-16(20(23)24)19(21)15-5-3-4-6-17(15)25-2/h3-10,16,19H,11-12H2,1-2H3,(H,23,24)/p-1/t16-,19-/m1/s1. The van der Waals surface area contributed by atoms with Crippen molar-refractivity contribution in [2.45, 2.75) is 25.8 Å². The van der Waals surface area contributed by atoms with Gasteiger partial charge in [-0.25, -0.2) is 0 Å². The van der Waals surface area contributed by atoms with Crippen LogP contribution in [0.3, 0.4) is 0 Å². The second kappa shape index (κ2) is 6.97. The van der Waals surface area contributed by atoms with E-state index in [2.05, 4.69) is 0 Å². The van der Waals surface area contributed by atoms with Crippen LogP contribution in [0.1, 0.15) is 30.0 Å². The number of rotatable bonds is 4. The first-order valence-electron chi connectivity index (χ1n) is 8.25. The summed E-state index contributed by atoms with van der Waals surface area (Å²) in [5.74, 6) is -1.49. The number of hydrogen-bond donors (Lipinski definition) is 0. The smallest absolute Gasteiger partial charge is 0.227 e. The van der Waals surface area contributed by atoms with Gasteiger partial charge in [0.2, 0.25) is 5.91 Å². The van der Waals surface area contributed by atoms with Gasteiger partial charge in [-0.15, -0.1) is 0 Å². The molecule has 1 amide bonds. The Hall–Kier alpha value is -2.82. The third-order valence-electron chi connectivity index (χ3n) is 4.67. The molecule has 0 unspecified atom stereocenters. The number of ether oxygens (including phenoxy) is 1. The minimum atomic E-state index is -1.15. The lowest BCUT2D eigenvalue weighted by Gasteiger charge is -2.42. The van der Waals surface area contributed by atoms with Crippen molar-refractivity contribution in [2.24, 2.45) is 5.92 Å². The van der Waals surface area contributed by atoms with E-state index in [9.17, 15) is 14.7 Å². The Morgan fingerprint density at radius 1 is 1.16 bits per heavy atom. The highest BCUT2D eigenvalue weighted by Gasteiger charge is 2.39. The van der Waals surface area contributed by atoms with Gasteiger partial charge in [0, 0.05) is 29.6 Å². The number of carbonyl (C=O) groups is 2. The van der Waals surface area contributed by atoms with Crippen LogP contribution < -0.4 is 14.7 Å². The molecule has 0 radical (unpaired) electrons. The number of hydrogen-bond acceptors (Lipinski definition) is 4. The Morgan fingerprint density at radius 3 is 2.48 bits per heavy atom. The highest BCUT2D eigenvalue weighted by Crippen LogP contribution is 2.42. The lowest BCUT2D eigenvalue weighted by molar-refractivity contribution is -0.312. The normalized spacial score (nSPS) is 20.4. The number of carboxylic acid groups (broad SMARTS) is 1. The molecule has 0 aromatic heterocycles. The lowest BCUT2D eigenvalue weighted by Crippen LogP contribution is -2.49. The van der Waals surface area contributed by atoms with Crippen molar-refractivity contribution >= 4 is 17.6 Å². The first kappa shape index (κ1) is 17.0. The molecule has 5 nitrogen and oxygen atoms in total. The average Bonchev–Trinajstić information content (AvgIpc) is 2.62. The number of aryl methyl sites for hydroxylation is 1. The average molecular weight is 338 g/mol. The van der Waals surface area contributed by atoms with Gasteiger partial charge in [0.15, 0.2) is 0 Å². The molecule has 0 bridgehead atoms. The van der Waals surface area contributed by atoms with Crippen LogP contribution in [0.2, 0.25) is 0 Å². The van der Waals surface area contributed by atoms with Crippen LogP contribution >= 0.6 is 0 Å². The van der Waals surface area contributed by atoms with E-state index in [0.717, 1.165) is 5.56 Å². The number of piperidine rings is 1. The molecule has 5 heteroatoms. The third-order valence-corrected chi connectivity index (χ3v) is 4.67. The topological polar surface area (TPSA) is 69.7 Å². The molecule has 1 saturated heterocycles. The van der Waals surface area contributed by atoms with Crippen LogP contribution in [0.15, 0.2) is 48.5 Å². The zero-order valence-corrected chi connectivity index (χ0v) is 14.3. The largest absolute Gasteiger partial charge is 0.550 e. The van der Waals surface area contributed by atoms with Gasteiger partial charge in [-0.3, -0.25) is 4.79 Å². The summed E-state index contributed by atoms with van der Waals surface area (Å²) in [6.07, 6.45) is 0.435. The summed E-state index contributed by atoms with van der Waals surface area (Å²) in [4.78, 5) is 26.1. The van der Waals surface area contributed by atoms with Gasteiger partial charge in [-0.2, -0.15) is 0 Å². The van der Waals surface area contributed by atoms with Crippen LogP contribution in [0, 0.1) is 12.8 Å². The summed E-state index contributed by atoms with van der Waals surface area (Å²) >= 11 is 0. The molecule has 2 atom stereocenters. The van der Waals surface area contributed by atoms with Crippen LogP contribution in [0.4, 0.5) is 5.69 Å². The van der Waals surface area contributed by atoms with Crippen molar-refractivity contribution in [3.8, 4) is 5.75 Å². The summed E-state index contributed by atoms with van der Waals surface area (Å²) in [6.45, 7) is 1.96. The SMILES string of the molecule is COc1ccccc1[C@@H]1[C@H](C(=O)[O-])CCC(=O)N1c1ccc(C)cc1. The molecule has 1 fully saturated rings. The van der Waals surface area contributed by atoms with E-state index in [-0.39, 0.29) is 18.7 Å². The van der Waals surface area contributed by atoms with Gasteiger partial charge in [-0.05, 0) is 31.5 Å². The number of amides is 1. The van der Waals surface area contributed by atoms with Crippen LogP contribution in [-0.4, -0.2) is 19.0 Å². The predicted molar refractivity (Wildman–Crippen MR) is 92.1 cm³/mol. The predicted octanol–water partition coefficient (Wildman–Crippen LogP) is 2.24. The van der Waals surface area contributed by atoms with Crippen molar-refractivity contribution in [3.63, 3.8) is 0 Å². The molecular formula is C20H20NO4-. The summed E-state index contributed by atoms with van der Waals surface area (Å²) in [7, 11) is 1.54. The number of aliphatic carboxylic acids is 1. The zero-order chi connectivity index (χ0) is 18.0. The first-order chi connectivity index (χ1) is 12.0. The number of carboxylic acids is 1. The van der Waals surface area contributed by atoms with Gasteiger partial charge in [-0.1, -0.05) is 35.9 Å². The molecule has 130 valence electrons. The number of anilines is 1. The van der Waals surface area contributed by atoms with Gasteiger partial charge in [0.05, 0.1) is 13.2 Å². The van der Waals surface area contributed by atoms with Gasteiger partial charge >= 0.3 is 0 Å². The molecule has 1 aliphatic heterocycles. The number of benzene rings is 2. The maximum Gasteiger partial charge on any atom is 0.227 e. The maximum atomic E-state index is 12.7. The molecule has 0 N–H and O–H groups in total. The van der Waals surface area contributed by atoms with Crippen LogP contribution in [0.25, 0.3) is 0 Å². The summed E-state index contributed by atoms with van der Waals surface area (Å²) < 4.78 is 5.41. The number of carbonyl (C=O) groups excluding carboxylic acids is 2. The minimum Gasteiger partial charge on any atom is -0.550 e. The fourth-order valence-electron chi connectivity index (χ4n) is 3.42. The highest BCUT2D eigenvalue weighted by molar-refractivity contribution is 5.96. The third kappa shape index (κ3) is 3.22. The van der Waals surface area contributed by atoms with E-state index in [1.807, 2.05) is 43.3 Å². The Labute approximate surface area is 146 Å². The Morgan fingerprint density at radius 2 is 1.84 bits per heavy atom. The molecule has 2 aromatic rings.